The van der Waals surface area contributed by atoms with E-state index in [1.165, 1.54) is 19.2 Å². The fourth-order valence-electron chi connectivity index (χ4n) is 2.71. The first kappa shape index (κ1) is 19.2. The summed E-state index contributed by atoms with van der Waals surface area (Å²) in [6, 6.07) is 10.1. The van der Waals surface area contributed by atoms with E-state index in [-0.39, 0.29) is 11.4 Å². The monoisotopic (exact) mass is 390 g/mol. The van der Waals surface area contributed by atoms with Gasteiger partial charge in [-0.15, -0.1) is 0 Å². The summed E-state index contributed by atoms with van der Waals surface area (Å²) in [4.78, 5) is 12.4. The Morgan fingerprint density at radius 1 is 1.07 bits per heavy atom. The second kappa shape index (κ2) is 7.58. The molecule has 0 saturated carbocycles. The van der Waals surface area contributed by atoms with Crippen molar-refractivity contribution in [3.05, 3.63) is 47.5 Å². The zero-order chi connectivity index (χ0) is 19.6. The summed E-state index contributed by atoms with van der Waals surface area (Å²) in [7, 11) is -2.47. The highest BCUT2D eigenvalue weighted by Crippen LogP contribution is 2.32. The predicted molar refractivity (Wildman–Crippen MR) is 102 cm³/mol. The first-order valence-electron chi connectivity index (χ1n) is 8.50. The molecule has 0 spiro atoms. The minimum Gasteiger partial charge on any atom is -0.486 e. The van der Waals surface area contributed by atoms with E-state index in [2.05, 4.69) is 5.32 Å². The molecule has 2 aromatic rings. The van der Waals surface area contributed by atoms with Crippen LogP contribution in [0.1, 0.15) is 11.1 Å². The van der Waals surface area contributed by atoms with Gasteiger partial charge in [-0.1, -0.05) is 12.1 Å². The Morgan fingerprint density at radius 3 is 2.52 bits per heavy atom. The lowest BCUT2D eigenvalue weighted by Gasteiger charge is -2.21. The molecule has 0 unspecified atom stereocenters. The van der Waals surface area contributed by atoms with Crippen LogP contribution in [0.3, 0.4) is 0 Å². The van der Waals surface area contributed by atoms with Crippen molar-refractivity contribution in [3.63, 3.8) is 0 Å². The molecule has 1 amide bonds. The van der Waals surface area contributed by atoms with Gasteiger partial charge < -0.3 is 14.8 Å². The van der Waals surface area contributed by atoms with Gasteiger partial charge in [0.2, 0.25) is 15.9 Å². The minimum absolute atomic E-state index is 0.0498. The standard InChI is InChI=1S/C19H22N2O5S/c1-13-4-5-14(2)16(10-13)20-19(22)12-21(3)27(23,24)15-6-7-17-18(11-15)26-9-8-25-17/h4-7,10-11H,8-9,12H2,1-3H3,(H,20,22). The lowest BCUT2D eigenvalue weighted by atomic mass is 10.1. The van der Waals surface area contributed by atoms with Gasteiger partial charge in [-0.25, -0.2) is 8.42 Å². The average Bonchev–Trinajstić information content (AvgIpc) is 2.64. The van der Waals surface area contributed by atoms with Crippen molar-refractivity contribution in [1.29, 1.82) is 0 Å². The van der Waals surface area contributed by atoms with Gasteiger partial charge in [0.05, 0.1) is 11.4 Å². The number of benzene rings is 2. The summed E-state index contributed by atoms with van der Waals surface area (Å²) in [5, 5.41) is 2.77. The second-order valence-corrected chi connectivity index (χ2v) is 8.48. The molecule has 27 heavy (non-hydrogen) atoms. The van der Waals surface area contributed by atoms with E-state index in [0.717, 1.165) is 15.4 Å². The molecule has 0 atom stereocenters. The van der Waals surface area contributed by atoms with Crippen molar-refractivity contribution in [2.75, 3.05) is 32.1 Å². The molecule has 1 heterocycles. The smallest absolute Gasteiger partial charge is 0.243 e. The van der Waals surface area contributed by atoms with Gasteiger partial charge in [-0.2, -0.15) is 4.31 Å². The number of likely N-dealkylation sites (N-methyl/N-ethyl adjacent to an activating group) is 1. The fourth-order valence-corrected chi connectivity index (χ4v) is 3.85. The van der Waals surface area contributed by atoms with Crippen molar-refractivity contribution in [1.82, 2.24) is 4.31 Å². The SMILES string of the molecule is Cc1ccc(C)c(NC(=O)CN(C)S(=O)(=O)c2ccc3c(c2)OCCO3)c1. The van der Waals surface area contributed by atoms with Crippen molar-refractivity contribution >= 4 is 21.6 Å². The molecule has 1 N–H and O–H groups in total. The van der Waals surface area contributed by atoms with Gasteiger partial charge in [0.1, 0.15) is 13.2 Å². The Bertz CT molecular complexity index is 972. The molecule has 0 bridgehead atoms. The van der Waals surface area contributed by atoms with Gasteiger partial charge in [-0.3, -0.25) is 4.79 Å². The fraction of sp³-hybridized carbons (Fsp3) is 0.316. The van der Waals surface area contributed by atoms with E-state index in [9.17, 15) is 13.2 Å². The third-order valence-electron chi connectivity index (χ3n) is 4.26. The van der Waals surface area contributed by atoms with E-state index >= 15 is 0 Å². The molecular formula is C19H22N2O5S. The molecule has 0 radical (unpaired) electrons. The number of amides is 1. The van der Waals surface area contributed by atoms with Crippen LogP contribution in [0.25, 0.3) is 0 Å². The van der Waals surface area contributed by atoms with Crippen LogP contribution in [0.5, 0.6) is 11.5 Å². The summed E-state index contributed by atoms with van der Waals surface area (Å²) in [6.45, 7) is 4.30. The predicted octanol–water partition coefficient (Wildman–Crippen LogP) is 2.33. The maximum absolute atomic E-state index is 12.8. The highest BCUT2D eigenvalue weighted by Gasteiger charge is 2.25. The average molecular weight is 390 g/mol. The number of aryl methyl sites for hydroxylation is 2. The third-order valence-corrected chi connectivity index (χ3v) is 6.05. The van der Waals surface area contributed by atoms with Crippen LogP contribution in [-0.2, 0) is 14.8 Å². The largest absolute Gasteiger partial charge is 0.486 e. The lowest BCUT2D eigenvalue weighted by molar-refractivity contribution is -0.116. The summed E-state index contributed by atoms with van der Waals surface area (Å²) in [6.07, 6.45) is 0. The molecule has 0 fully saturated rings. The van der Waals surface area contributed by atoms with Crippen LogP contribution in [0, 0.1) is 13.8 Å². The van der Waals surface area contributed by atoms with Gasteiger partial charge >= 0.3 is 0 Å². The zero-order valence-corrected chi connectivity index (χ0v) is 16.3. The highest BCUT2D eigenvalue weighted by atomic mass is 32.2. The number of sulfonamides is 1. The highest BCUT2D eigenvalue weighted by molar-refractivity contribution is 7.89. The number of hydrogen-bond acceptors (Lipinski definition) is 5. The van der Waals surface area contributed by atoms with Gasteiger partial charge in [0.15, 0.2) is 11.5 Å². The number of carbonyl (C=O) groups is 1. The van der Waals surface area contributed by atoms with Crippen molar-refractivity contribution in [2.45, 2.75) is 18.7 Å². The molecule has 7 nitrogen and oxygen atoms in total. The van der Waals surface area contributed by atoms with E-state index in [1.807, 2.05) is 32.0 Å². The van der Waals surface area contributed by atoms with Crippen LogP contribution >= 0.6 is 0 Å². The second-order valence-electron chi connectivity index (χ2n) is 6.43. The maximum Gasteiger partial charge on any atom is 0.243 e. The number of nitrogens with one attached hydrogen (secondary N) is 1. The molecule has 1 aliphatic rings. The van der Waals surface area contributed by atoms with E-state index in [1.54, 1.807) is 6.07 Å². The number of ether oxygens (including phenoxy) is 2. The van der Waals surface area contributed by atoms with Gasteiger partial charge in [-0.05, 0) is 43.2 Å². The first-order chi connectivity index (χ1) is 12.8. The van der Waals surface area contributed by atoms with Crippen molar-refractivity contribution in [3.8, 4) is 11.5 Å². The Balaban J connectivity index is 1.73. The molecule has 2 aromatic carbocycles. The van der Waals surface area contributed by atoms with Gasteiger partial charge in [0.25, 0.3) is 0 Å². The minimum atomic E-state index is -3.84. The number of anilines is 1. The Morgan fingerprint density at radius 2 is 1.78 bits per heavy atom. The summed E-state index contributed by atoms with van der Waals surface area (Å²) in [5.74, 6) is 0.485. The van der Waals surface area contributed by atoms with Crippen LogP contribution in [-0.4, -0.2) is 45.4 Å². The Kier molecular flexibility index (Phi) is 5.38. The summed E-state index contributed by atoms with van der Waals surface area (Å²) in [5.41, 5.74) is 2.59. The number of carbonyl (C=O) groups excluding carboxylic acids is 1. The molecule has 0 aromatic heterocycles. The number of rotatable bonds is 5. The molecule has 144 valence electrons. The van der Waals surface area contributed by atoms with Crippen LogP contribution < -0.4 is 14.8 Å². The van der Waals surface area contributed by atoms with Gasteiger partial charge in [0, 0.05) is 18.8 Å². The molecule has 3 rings (SSSR count). The number of hydrogen-bond donors (Lipinski definition) is 1. The molecule has 0 saturated heterocycles. The molecule has 0 aliphatic carbocycles. The van der Waals surface area contributed by atoms with Crippen molar-refractivity contribution in [2.24, 2.45) is 0 Å². The quantitative estimate of drug-likeness (QED) is 0.847. The third kappa shape index (κ3) is 4.23. The van der Waals surface area contributed by atoms with E-state index in [4.69, 9.17) is 9.47 Å². The first-order valence-corrected chi connectivity index (χ1v) is 9.94. The van der Waals surface area contributed by atoms with E-state index in [0.29, 0.717) is 30.4 Å². The van der Waals surface area contributed by atoms with E-state index < -0.39 is 15.9 Å². The summed E-state index contributed by atoms with van der Waals surface area (Å²) < 4.78 is 37.4. The normalized spacial score (nSPS) is 13.5. The Labute approximate surface area is 158 Å². The molecule has 8 heteroatoms. The maximum atomic E-state index is 12.8. The summed E-state index contributed by atoms with van der Waals surface area (Å²) >= 11 is 0. The van der Waals surface area contributed by atoms with Crippen LogP contribution in [0.4, 0.5) is 5.69 Å². The Hall–Kier alpha value is -2.58. The molecule has 1 aliphatic heterocycles. The number of fused-ring (bicyclic) bond motifs is 1. The topological polar surface area (TPSA) is 84.9 Å². The van der Waals surface area contributed by atoms with Crippen molar-refractivity contribution < 1.29 is 22.7 Å². The lowest BCUT2D eigenvalue weighted by Crippen LogP contribution is -2.35. The number of nitrogens with zero attached hydrogens (tertiary/aromatic N) is 1. The zero-order valence-electron chi connectivity index (χ0n) is 15.5. The van der Waals surface area contributed by atoms with Crippen LogP contribution in [0.15, 0.2) is 41.3 Å². The van der Waals surface area contributed by atoms with Crippen LogP contribution in [0.2, 0.25) is 0 Å². The molecular weight excluding hydrogens is 368 g/mol.